The highest BCUT2D eigenvalue weighted by atomic mass is 16.4. The van der Waals surface area contributed by atoms with Crippen LogP contribution in [0.4, 0.5) is 0 Å². The number of hydrogen-bond acceptors (Lipinski definition) is 1. The van der Waals surface area contributed by atoms with Crippen LogP contribution in [0.3, 0.4) is 0 Å². The highest BCUT2D eigenvalue weighted by Gasteiger charge is 2.37. The van der Waals surface area contributed by atoms with Crippen LogP contribution in [0.2, 0.25) is 0 Å². The van der Waals surface area contributed by atoms with Crippen LogP contribution in [0.5, 0.6) is 0 Å². The van der Waals surface area contributed by atoms with Gasteiger partial charge < -0.3 is 5.11 Å². The largest absolute Gasteiger partial charge is 0.481 e. The third kappa shape index (κ3) is 2.13. The van der Waals surface area contributed by atoms with Crippen molar-refractivity contribution in [3.05, 3.63) is 35.9 Å². The summed E-state index contributed by atoms with van der Waals surface area (Å²) < 4.78 is 0. The number of hydrogen-bond donors (Lipinski definition) is 1. The fourth-order valence-corrected chi connectivity index (χ4v) is 1.98. The van der Waals surface area contributed by atoms with E-state index in [4.69, 9.17) is 5.11 Å². The van der Waals surface area contributed by atoms with Gasteiger partial charge in [-0.25, -0.2) is 0 Å². The molecule has 2 unspecified atom stereocenters. The van der Waals surface area contributed by atoms with Crippen LogP contribution in [0, 0.1) is 5.92 Å². The van der Waals surface area contributed by atoms with E-state index in [1.54, 1.807) is 0 Å². The van der Waals surface area contributed by atoms with Crippen molar-refractivity contribution >= 4 is 5.97 Å². The second kappa shape index (κ2) is 3.82. The van der Waals surface area contributed by atoms with Crippen molar-refractivity contribution in [1.29, 1.82) is 0 Å². The molecule has 0 aromatic heterocycles. The number of carboxylic acids is 1. The van der Waals surface area contributed by atoms with Crippen molar-refractivity contribution in [2.24, 2.45) is 5.92 Å². The van der Waals surface area contributed by atoms with Crippen LogP contribution in [-0.2, 0) is 4.79 Å². The summed E-state index contributed by atoms with van der Waals surface area (Å²) >= 11 is 0. The van der Waals surface area contributed by atoms with E-state index in [1.165, 1.54) is 5.56 Å². The van der Waals surface area contributed by atoms with Gasteiger partial charge in [0.25, 0.3) is 0 Å². The summed E-state index contributed by atoms with van der Waals surface area (Å²) in [6, 6.07) is 10.4. The first-order valence-electron chi connectivity index (χ1n) is 5.04. The molecule has 1 aliphatic carbocycles. The molecule has 1 aliphatic rings. The van der Waals surface area contributed by atoms with Gasteiger partial charge in [0.15, 0.2) is 0 Å². The third-order valence-corrected chi connectivity index (χ3v) is 2.88. The Balaban J connectivity index is 1.85. The summed E-state index contributed by atoms with van der Waals surface area (Å²) in [5.41, 5.74) is 1.36. The molecule has 2 rings (SSSR count). The molecule has 0 saturated heterocycles. The van der Waals surface area contributed by atoms with Gasteiger partial charge in [-0.1, -0.05) is 30.3 Å². The summed E-state index contributed by atoms with van der Waals surface area (Å²) in [6.07, 6.45) is 2.31. The van der Waals surface area contributed by atoms with E-state index in [1.807, 2.05) is 18.2 Å². The molecule has 0 spiro atoms. The van der Waals surface area contributed by atoms with Crippen molar-refractivity contribution in [3.8, 4) is 0 Å². The van der Waals surface area contributed by atoms with Crippen molar-refractivity contribution in [2.45, 2.75) is 25.2 Å². The van der Waals surface area contributed by atoms with Gasteiger partial charge in [-0.15, -0.1) is 0 Å². The number of carboxylic acid groups (broad SMARTS) is 1. The molecule has 2 heteroatoms. The monoisotopic (exact) mass is 190 g/mol. The Morgan fingerprint density at radius 1 is 1.36 bits per heavy atom. The molecular formula is C12H14O2. The van der Waals surface area contributed by atoms with Gasteiger partial charge in [0.05, 0.1) is 0 Å². The van der Waals surface area contributed by atoms with Gasteiger partial charge >= 0.3 is 5.97 Å². The van der Waals surface area contributed by atoms with E-state index >= 15 is 0 Å². The molecule has 0 bridgehead atoms. The summed E-state index contributed by atoms with van der Waals surface area (Å²) in [5.74, 6) is 0.549. The maximum Gasteiger partial charge on any atom is 0.303 e. The standard InChI is InChI=1S/C12H14O2/c13-12(14)7-6-10-8-11(10)9-4-2-1-3-5-9/h1-5,10-11H,6-8H2,(H,13,14). The van der Waals surface area contributed by atoms with E-state index in [-0.39, 0.29) is 0 Å². The van der Waals surface area contributed by atoms with Crippen LogP contribution in [0.15, 0.2) is 30.3 Å². The molecule has 1 aromatic carbocycles. The minimum absolute atomic E-state index is 0.313. The Kier molecular flexibility index (Phi) is 2.53. The van der Waals surface area contributed by atoms with Crippen molar-refractivity contribution < 1.29 is 9.90 Å². The molecular weight excluding hydrogens is 176 g/mol. The van der Waals surface area contributed by atoms with E-state index in [2.05, 4.69) is 12.1 Å². The quantitative estimate of drug-likeness (QED) is 0.792. The normalized spacial score (nSPS) is 24.6. The molecule has 2 atom stereocenters. The first-order valence-corrected chi connectivity index (χ1v) is 5.04. The predicted octanol–water partition coefficient (Wildman–Crippen LogP) is 2.65. The molecule has 0 heterocycles. The van der Waals surface area contributed by atoms with Gasteiger partial charge in [0.1, 0.15) is 0 Å². The van der Waals surface area contributed by atoms with Gasteiger partial charge in [0, 0.05) is 6.42 Å². The minimum atomic E-state index is -0.677. The van der Waals surface area contributed by atoms with Crippen LogP contribution < -0.4 is 0 Å². The average Bonchev–Trinajstić information content (AvgIpc) is 2.95. The first-order chi connectivity index (χ1) is 6.77. The average molecular weight is 190 g/mol. The fourth-order valence-electron chi connectivity index (χ4n) is 1.98. The molecule has 1 N–H and O–H groups in total. The zero-order valence-corrected chi connectivity index (χ0v) is 8.02. The van der Waals surface area contributed by atoms with Crippen molar-refractivity contribution in [1.82, 2.24) is 0 Å². The molecule has 1 aromatic rings. The molecule has 1 fully saturated rings. The van der Waals surface area contributed by atoms with Crippen LogP contribution in [-0.4, -0.2) is 11.1 Å². The third-order valence-electron chi connectivity index (χ3n) is 2.88. The first kappa shape index (κ1) is 9.25. The van der Waals surface area contributed by atoms with E-state index in [9.17, 15) is 4.79 Å². The second-order valence-corrected chi connectivity index (χ2v) is 3.95. The lowest BCUT2D eigenvalue weighted by Crippen LogP contribution is -1.95. The maximum absolute atomic E-state index is 10.4. The van der Waals surface area contributed by atoms with E-state index in [0.29, 0.717) is 18.3 Å². The molecule has 0 aliphatic heterocycles. The fraction of sp³-hybridized carbons (Fsp3) is 0.417. The predicted molar refractivity (Wildman–Crippen MR) is 54.2 cm³/mol. The summed E-state index contributed by atoms with van der Waals surface area (Å²) in [4.78, 5) is 10.4. The molecule has 74 valence electrons. The van der Waals surface area contributed by atoms with E-state index < -0.39 is 5.97 Å². The molecule has 2 nitrogen and oxygen atoms in total. The van der Waals surface area contributed by atoms with Crippen molar-refractivity contribution in [2.75, 3.05) is 0 Å². The van der Waals surface area contributed by atoms with Crippen molar-refractivity contribution in [3.63, 3.8) is 0 Å². The van der Waals surface area contributed by atoms with Gasteiger partial charge in [0.2, 0.25) is 0 Å². The summed E-state index contributed by atoms with van der Waals surface area (Å²) in [7, 11) is 0. The Hall–Kier alpha value is -1.31. The topological polar surface area (TPSA) is 37.3 Å². The minimum Gasteiger partial charge on any atom is -0.481 e. The van der Waals surface area contributed by atoms with Crippen LogP contribution in [0.1, 0.15) is 30.7 Å². The zero-order chi connectivity index (χ0) is 9.97. The van der Waals surface area contributed by atoms with Gasteiger partial charge in [-0.3, -0.25) is 4.79 Å². The lowest BCUT2D eigenvalue weighted by molar-refractivity contribution is -0.137. The number of rotatable bonds is 4. The van der Waals surface area contributed by atoms with Gasteiger partial charge in [-0.2, -0.15) is 0 Å². The Morgan fingerprint density at radius 2 is 2.07 bits per heavy atom. The number of aliphatic carboxylic acids is 1. The molecule has 0 radical (unpaired) electrons. The Labute approximate surface area is 83.6 Å². The van der Waals surface area contributed by atoms with Crippen LogP contribution >= 0.6 is 0 Å². The number of carbonyl (C=O) groups is 1. The van der Waals surface area contributed by atoms with E-state index in [0.717, 1.165) is 12.8 Å². The second-order valence-electron chi connectivity index (χ2n) is 3.95. The van der Waals surface area contributed by atoms with Gasteiger partial charge in [-0.05, 0) is 30.2 Å². The Bertz CT molecular complexity index is 318. The summed E-state index contributed by atoms with van der Waals surface area (Å²) in [6.45, 7) is 0. The lowest BCUT2D eigenvalue weighted by atomic mass is 10.1. The zero-order valence-electron chi connectivity index (χ0n) is 8.02. The highest BCUT2D eigenvalue weighted by Crippen LogP contribution is 2.49. The smallest absolute Gasteiger partial charge is 0.303 e. The number of benzene rings is 1. The molecule has 0 amide bonds. The Morgan fingerprint density at radius 3 is 2.71 bits per heavy atom. The van der Waals surface area contributed by atoms with Crippen LogP contribution in [0.25, 0.3) is 0 Å². The lowest BCUT2D eigenvalue weighted by Gasteiger charge is -1.98. The SMILES string of the molecule is O=C(O)CCC1CC1c1ccccc1. The highest BCUT2D eigenvalue weighted by molar-refractivity contribution is 5.66. The molecule has 14 heavy (non-hydrogen) atoms. The maximum atomic E-state index is 10.4. The summed E-state index contributed by atoms with van der Waals surface area (Å²) in [5, 5.41) is 8.55. The molecule has 1 saturated carbocycles.